The van der Waals surface area contributed by atoms with Crippen molar-refractivity contribution < 1.29 is 28.2 Å². The fraction of sp³-hybridized carbons (Fsp3) is 0.556. The van der Waals surface area contributed by atoms with Crippen LogP contribution in [0.1, 0.15) is 42.8 Å². The third kappa shape index (κ3) is 6.78. The number of amides is 2. The zero-order valence-corrected chi connectivity index (χ0v) is 21.0. The Labute approximate surface area is 207 Å². The van der Waals surface area contributed by atoms with Crippen molar-refractivity contribution in [3.8, 4) is 11.5 Å². The molecular weight excluding hydrogens is 448 g/mol. The van der Waals surface area contributed by atoms with E-state index < -0.39 is 0 Å². The molecule has 1 aliphatic heterocycles. The molecule has 35 heavy (non-hydrogen) atoms. The van der Waals surface area contributed by atoms with Crippen LogP contribution in [0.4, 0.5) is 0 Å². The van der Waals surface area contributed by atoms with E-state index in [1.165, 1.54) is 0 Å². The van der Waals surface area contributed by atoms with Crippen LogP contribution in [-0.2, 0) is 27.3 Å². The second-order valence-corrected chi connectivity index (χ2v) is 9.40. The lowest BCUT2D eigenvalue weighted by Gasteiger charge is -2.29. The number of nitrogens with zero attached hydrogens (tertiary/aromatic N) is 2. The number of hydrogen-bond acceptors (Lipinski definition) is 6. The fourth-order valence-corrected chi connectivity index (χ4v) is 4.47. The van der Waals surface area contributed by atoms with E-state index in [4.69, 9.17) is 18.6 Å². The van der Waals surface area contributed by atoms with Gasteiger partial charge < -0.3 is 28.4 Å². The van der Waals surface area contributed by atoms with E-state index in [0.29, 0.717) is 37.6 Å². The molecule has 1 aromatic carbocycles. The van der Waals surface area contributed by atoms with Gasteiger partial charge in [-0.05, 0) is 68.9 Å². The maximum atomic E-state index is 13.5. The SMILES string of the molecule is COc1ccc(CCN(Cc2ccc(C)o2)C(=O)CN(CC2CCCO2)C(=O)C2CC2)cc1OC. The Morgan fingerprint density at radius 3 is 2.46 bits per heavy atom. The van der Waals surface area contributed by atoms with E-state index in [1.807, 2.05) is 37.3 Å². The van der Waals surface area contributed by atoms with Gasteiger partial charge in [-0.25, -0.2) is 0 Å². The first-order chi connectivity index (χ1) is 17.0. The van der Waals surface area contributed by atoms with Gasteiger partial charge in [-0.1, -0.05) is 6.07 Å². The first-order valence-corrected chi connectivity index (χ1v) is 12.4. The number of carbonyl (C=O) groups excluding carboxylic acids is 2. The number of benzene rings is 1. The van der Waals surface area contributed by atoms with Crippen molar-refractivity contribution in [3.05, 3.63) is 47.4 Å². The molecule has 1 aromatic heterocycles. The molecule has 2 heterocycles. The molecule has 2 amide bonds. The average Bonchev–Trinajstić information content (AvgIpc) is 3.44. The highest BCUT2D eigenvalue weighted by Gasteiger charge is 2.36. The lowest BCUT2D eigenvalue weighted by atomic mass is 10.1. The number of rotatable bonds is 12. The van der Waals surface area contributed by atoms with E-state index in [-0.39, 0.29) is 30.4 Å². The summed E-state index contributed by atoms with van der Waals surface area (Å²) >= 11 is 0. The minimum Gasteiger partial charge on any atom is -0.493 e. The molecule has 8 nitrogen and oxygen atoms in total. The van der Waals surface area contributed by atoms with Crippen LogP contribution in [0.15, 0.2) is 34.7 Å². The summed E-state index contributed by atoms with van der Waals surface area (Å²) in [7, 11) is 3.21. The Morgan fingerprint density at radius 2 is 1.83 bits per heavy atom. The van der Waals surface area contributed by atoms with Gasteiger partial charge in [0, 0.05) is 25.6 Å². The van der Waals surface area contributed by atoms with E-state index in [2.05, 4.69) is 0 Å². The standard InChI is InChI=1S/C27H36N2O6/c1-19-6-10-23(35-19)17-28(13-12-20-7-11-24(32-2)25(15-20)33-3)26(30)18-29(27(31)21-8-9-21)16-22-5-4-14-34-22/h6-7,10-11,15,21-22H,4-5,8-9,12-14,16-18H2,1-3H3. The minimum absolute atomic E-state index is 0.0124. The molecule has 0 radical (unpaired) electrons. The number of methoxy groups -OCH3 is 2. The quantitative estimate of drug-likeness (QED) is 0.458. The number of furan rings is 1. The first kappa shape index (κ1) is 25.1. The predicted molar refractivity (Wildman–Crippen MR) is 130 cm³/mol. The molecule has 0 N–H and O–H groups in total. The van der Waals surface area contributed by atoms with Crippen molar-refractivity contribution in [3.63, 3.8) is 0 Å². The van der Waals surface area contributed by atoms with Crippen LogP contribution in [0.3, 0.4) is 0 Å². The maximum Gasteiger partial charge on any atom is 0.242 e. The van der Waals surface area contributed by atoms with Crippen molar-refractivity contribution in [2.45, 2.75) is 51.7 Å². The second-order valence-electron chi connectivity index (χ2n) is 9.40. The molecule has 0 spiro atoms. The topological polar surface area (TPSA) is 81.5 Å². The molecule has 8 heteroatoms. The second kappa shape index (κ2) is 11.6. The van der Waals surface area contributed by atoms with Crippen molar-refractivity contribution in [2.24, 2.45) is 5.92 Å². The summed E-state index contributed by atoms with van der Waals surface area (Å²) in [6.45, 7) is 3.98. The van der Waals surface area contributed by atoms with Crippen molar-refractivity contribution >= 4 is 11.8 Å². The van der Waals surface area contributed by atoms with Crippen molar-refractivity contribution in [1.82, 2.24) is 9.80 Å². The van der Waals surface area contributed by atoms with Gasteiger partial charge in [0.15, 0.2) is 11.5 Å². The van der Waals surface area contributed by atoms with Crippen LogP contribution in [-0.4, -0.2) is 68.2 Å². The first-order valence-electron chi connectivity index (χ1n) is 12.4. The molecular formula is C27H36N2O6. The molecule has 2 aromatic rings. The fourth-order valence-electron chi connectivity index (χ4n) is 4.47. The summed E-state index contributed by atoms with van der Waals surface area (Å²) in [5, 5.41) is 0. The predicted octanol–water partition coefficient (Wildman–Crippen LogP) is 3.59. The smallest absolute Gasteiger partial charge is 0.242 e. The minimum atomic E-state index is -0.0912. The van der Waals surface area contributed by atoms with Crippen LogP contribution in [0.2, 0.25) is 0 Å². The Kier molecular flexibility index (Phi) is 8.33. The molecule has 1 saturated heterocycles. The van der Waals surface area contributed by atoms with Crippen LogP contribution >= 0.6 is 0 Å². The zero-order valence-electron chi connectivity index (χ0n) is 21.0. The molecule has 0 bridgehead atoms. The lowest BCUT2D eigenvalue weighted by molar-refractivity contribution is -0.143. The Bertz CT molecular complexity index is 1010. The van der Waals surface area contributed by atoms with Crippen LogP contribution in [0.25, 0.3) is 0 Å². The molecule has 190 valence electrons. The van der Waals surface area contributed by atoms with E-state index in [9.17, 15) is 9.59 Å². The van der Waals surface area contributed by atoms with Gasteiger partial charge in [0.05, 0.1) is 33.4 Å². The summed E-state index contributed by atoms with van der Waals surface area (Å²) in [5.41, 5.74) is 1.03. The average molecular weight is 485 g/mol. The highest BCUT2D eigenvalue weighted by Crippen LogP contribution is 2.32. The monoisotopic (exact) mass is 484 g/mol. The van der Waals surface area contributed by atoms with E-state index in [0.717, 1.165) is 49.4 Å². The Morgan fingerprint density at radius 1 is 1.03 bits per heavy atom. The zero-order chi connectivity index (χ0) is 24.8. The van der Waals surface area contributed by atoms with Crippen LogP contribution < -0.4 is 9.47 Å². The summed E-state index contributed by atoms with van der Waals surface area (Å²) in [5.74, 6) is 2.88. The summed E-state index contributed by atoms with van der Waals surface area (Å²) < 4.78 is 22.3. The molecule has 2 fully saturated rings. The highest BCUT2D eigenvalue weighted by atomic mass is 16.5. The largest absolute Gasteiger partial charge is 0.493 e. The van der Waals surface area contributed by atoms with Crippen molar-refractivity contribution in [1.29, 1.82) is 0 Å². The molecule has 1 unspecified atom stereocenters. The number of carbonyl (C=O) groups is 2. The summed E-state index contributed by atoms with van der Waals surface area (Å²) in [4.78, 5) is 30.0. The number of ether oxygens (including phenoxy) is 3. The van der Waals surface area contributed by atoms with Crippen molar-refractivity contribution in [2.75, 3.05) is 40.5 Å². The van der Waals surface area contributed by atoms with Crippen LogP contribution in [0, 0.1) is 12.8 Å². The summed E-state index contributed by atoms with van der Waals surface area (Å²) in [6.07, 6.45) is 4.39. The van der Waals surface area contributed by atoms with Gasteiger partial charge in [-0.2, -0.15) is 0 Å². The third-order valence-electron chi connectivity index (χ3n) is 6.63. The van der Waals surface area contributed by atoms with Gasteiger partial charge in [-0.15, -0.1) is 0 Å². The van der Waals surface area contributed by atoms with E-state index >= 15 is 0 Å². The van der Waals surface area contributed by atoms with Gasteiger partial charge in [-0.3, -0.25) is 9.59 Å². The summed E-state index contributed by atoms with van der Waals surface area (Å²) in [6, 6.07) is 9.56. The molecule has 1 aliphatic carbocycles. The lowest BCUT2D eigenvalue weighted by Crippen LogP contribution is -2.46. The van der Waals surface area contributed by atoms with Gasteiger partial charge in [0.2, 0.25) is 11.8 Å². The van der Waals surface area contributed by atoms with Gasteiger partial charge in [0.25, 0.3) is 0 Å². The number of hydrogen-bond donors (Lipinski definition) is 0. The molecule has 2 aliphatic rings. The molecule has 4 rings (SSSR count). The Balaban J connectivity index is 1.47. The number of aryl methyl sites for hydroxylation is 1. The maximum absolute atomic E-state index is 13.5. The molecule has 1 atom stereocenters. The normalized spacial score (nSPS) is 17.3. The third-order valence-corrected chi connectivity index (χ3v) is 6.63. The molecule has 1 saturated carbocycles. The Hall–Kier alpha value is -3.00. The van der Waals surface area contributed by atoms with Crippen LogP contribution in [0.5, 0.6) is 11.5 Å². The van der Waals surface area contributed by atoms with E-state index in [1.54, 1.807) is 24.0 Å². The van der Waals surface area contributed by atoms with Gasteiger partial charge in [0.1, 0.15) is 11.5 Å². The highest BCUT2D eigenvalue weighted by molar-refractivity contribution is 5.87. The van der Waals surface area contributed by atoms with Gasteiger partial charge >= 0.3 is 0 Å².